The number of hydrogen-bond acceptors (Lipinski definition) is 6. The molecular formula is C17H21ClN4O3. The summed E-state index contributed by atoms with van der Waals surface area (Å²) in [7, 11) is 3.13. The summed E-state index contributed by atoms with van der Waals surface area (Å²) >= 11 is 6.09. The first-order valence-electron chi connectivity index (χ1n) is 7.68. The number of anilines is 2. The molecule has 8 heteroatoms. The number of carbonyl (C=O) groups is 1. The molecule has 0 aliphatic heterocycles. The van der Waals surface area contributed by atoms with E-state index >= 15 is 0 Å². The normalized spacial score (nSPS) is 10.4. The van der Waals surface area contributed by atoms with Gasteiger partial charge in [0.1, 0.15) is 11.4 Å². The summed E-state index contributed by atoms with van der Waals surface area (Å²) in [5.74, 6) is 0.495. The predicted octanol–water partition coefficient (Wildman–Crippen LogP) is 3.07. The number of hydrogen-bond donors (Lipinski definition) is 2. The van der Waals surface area contributed by atoms with Crippen molar-refractivity contribution in [1.29, 1.82) is 0 Å². The summed E-state index contributed by atoms with van der Waals surface area (Å²) in [6, 6.07) is 5.03. The van der Waals surface area contributed by atoms with Gasteiger partial charge in [-0.3, -0.25) is 4.79 Å². The van der Waals surface area contributed by atoms with Crippen LogP contribution in [0.3, 0.4) is 0 Å². The highest BCUT2D eigenvalue weighted by molar-refractivity contribution is 6.31. The van der Waals surface area contributed by atoms with Gasteiger partial charge < -0.3 is 20.1 Å². The van der Waals surface area contributed by atoms with Crippen molar-refractivity contribution in [1.82, 2.24) is 9.97 Å². The Morgan fingerprint density at radius 1 is 1.20 bits per heavy atom. The Kier molecular flexibility index (Phi) is 6.55. The zero-order chi connectivity index (χ0) is 18.4. The molecule has 2 N–H and O–H groups in total. The van der Waals surface area contributed by atoms with Gasteiger partial charge in [-0.25, -0.2) is 9.97 Å². The highest BCUT2D eigenvalue weighted by Gasteiger charge is 2.14. The maximum absolute atomic E-state index is 12.6. The van der Waals surface area contributed by atoms with Crippen LogP contribution in [0.4, 0.5) is 11.6 Å². The van der Waals surface area contributed by atoms with E-state index < -0.39 is 0 Å². The Balaban J connectivity index is 2.22. The van der Waals surface area contributed by atoms with Gasteiger partial charge in [0, 0.05) is 30.4 Å². The number of aromatic nitrogens is 2. The van der Waals surface area contributed by atoms with E-state index in [0.717, 1.165) is 5.56 Å². The molecule has 1 aromatic carbocycles. The fraction of sp³-hybridized carbons (Fsp3) is 0.353. The molecule has 0 spiro atoms. The van der Waals surface area contributed by atoms with Gasteiger partial charge in [-0.2, -0.15) is 0 Å². The first-order valence-corrected chi connectivity index (χ1v) is 8.06. The average molecular weight is 365 g/mol. The number of ether oxygens (including phenoxy) is 2. The third kappa shape index (κ3) is 5.04. The predicted molar refractivity (Wildman–Crippen MR) is 97.8 cm³/mol. The Hall–Kier alpha value is -2.38. The number of benzene rings is 1. The van der Waals surface area contributed by atoms with Crippen molar-refractivity contribution in [3.63, 3.8) is 0 Å². The number of carbonyl (C=O) groups excluding carboxylic acids is 1. The number of amides is 1. The second-order valence-electron chi connectivity index (χ2n) is 5.39. The Morgan fingerprint density at radius 3 is 2.64 bits per heavy atom. The Bertz CT molecular complexity index is 768. The van der Waals surface area contributed by atoms with Gasteiger partial charge in [0.05, 0.1) is 19.4 Å². The molecule has 1 aromatic heterocycles. The third-order valence-electron chi connectivity index (χ3n) is 3.41. The number of nitrogens with zero attached hydrogens (tertiary/aromatic N) is 2. The highest BCUT2D eigenvalue weighted by Crippen LogP contribution is 2.31. The number of nitrogens with one attached hydrogen (secondary N) is 2. The summed E-state index contributed by atoms with van der Waals surface area (Å²) in [6.07, 6.45) is 0. The monoisotopic (exact) mass is 364 g/mol. The van der Waals surface area contributed by atoms with Crippen molar-refractivity contribution < 1.29 is 14.3 Å². The molecule has 1 heterocycles. The first kappa shape index (κ1) is 19.0. The van der Waals surface area contributed by atoms with Crippen LogP contribution < -0.4 is 15.4 Å². The standard InChI is InChI=1S/C17H21ClN4O3/c1-10-7-13(15(25-4)9-12(10)18)21-16(23)14-8-11(2)20-17(22-14)19-5-6-24-3/h7-9H,5-6H2,1-4H3,(H,21,23)(H,19,20,22). The minimum Gasteiger partial charge on any atom is -0.495 e. The fourth-order valence-corrected chi connectivity index (χ4v) is 2.30. The molecule has 1 amide bonds. The summed E-state index contributed by atoms with van der Waals surface area (Å²) in [5.41, 5.74) is 2.29. The average Bonchev–Trinajstić information content (AvgIpc) is 2.57. The van der Waals surface area contributed by atoms with Gasteiger partial charge >= 0.3 is 0 Å². The number of rotatable bonds is 7. The number of methoxy groups -OCH3 is 2. The van der Waals surface area contributed by atoms with Crippen molar-refractivity contribution in [3.05, 3.63) is 40.2 Å². The van der Waals surface area contributed by atoms with Crippen molar-refractivity contribution in [3.8, 4) is 5.75 Å². The van der Waals surface area contributed by atoms with Gasteiger partial charge in [-0.05, 0) is 31.5 Å². The summed E-state index contributed by atoms with van der Waals surface area (Å²) in [4.78, 5) is 21.1. The van der Waals surface area contributed by atoms with E-state index in [1.165, 1.54) is 7.11 Å². The van der Waals surface area contributed by atoms with Crippen LogP contribution in [0.1, 0.15) is 21.7 Å². The number of aryl methyl sites for hydroxylation is 2. The molecule has 134 valence electrons. The van der Waals surface area contributed by atoms with Gasteiger partial charge in [-0.1, -0.05) is 11.6 Å². The quantitative estimate of drug-likeness (QED) is 0.734. The SMILES string of the molecule is COCCNc1nc(C)cc(C(=O)Nc2cc(C)c(Cl)cc2OC)n1. The molecule has 0 aliphatic carbocycles. The van der Waals surface area contributed by atoms with Crippen LogP contribution in [0, 0.1) is 13.8 Å². The van der Waals surface area contributed by atoms with Gasteiger partial charge in [0.25, 0.3) is 5.91 Å². The van der Waals surface area contributed by atoms with Crippen molar-refractivity contribution >= 4 is 29.1 Å². The fourth-order valence-electron chi connectivity index (χ4n) is 2.14. The highest BCUT2D eigenvalue weighted by atomic mass is 35.5. The lowest BCUT2D eigenvalue weighted by atomic mass is 10.2. The molecule has 2 rings (SSSR count). The van der Waals surface area contributed by atoms with E-state index in [1.54, 1.807) is 32.2 Å². The second-order valence-corrected chi connectivity index (χ2v) is 5.80. The second kappa shape index (κ2) is 8.64. The molecule has 0 fully saturated rings. The zero-order valence-corrected chi connectivity index (χ0v) is 15.4. The molecule has 0 aliphatic rings. The van der Waals surface area contributed by atoms with E-state index in [4.69, 9.17) is 21.1 Å². The van der Waals surface area contributed by atoms with E-state index in [0.29, 0.717) is 41.3 Å². The van der Waals surface area contributed by atoms with Crippen LogP contribution >= 0.6 is 11.6 Å². The molecule has 0 radical (unpaired) electrons. The molecule has 0 atom stereocenters. The van der Waals surface area contributed by atoms with E-state index in [-0.39, 0.29) is 11.6 Å². The minimum atomic E-state index is -0.361. The van der Waals surface area contributed by atoms with Gasteiger partial charge in [-0.15, -0.1) is 0 Å². The molecule has 0 saturated carbocycles. The summed E-state index contributed by atoms with van der Waals surface area (Å²) in [5, 5.41) is 6.38. The van der Waals surface area contributed by atoms with Crippen LogP contribution in [0.5, 0.6) is 5.75 Å². The lowest BCUT2D eigenvalue weighted by Crippen LogP contribution is -2.17. The summed E-state index contributed by atoms with van der Waals surface area (Å²) in [6.45, 7) is 4.71. The Labute approximate surface area is 151 Å². The Morgan fingerprint density at radius 2 is 1.96 bits per heavy atom. The van der Waals surface area contributed by atoms with E-state index in [1.807, 2.05) is 6.92 Å². The zero-order valence-electron chi connectivity index (χ0n) is 14.6. The van der Waals surface area contributed by atoms with Crippen molar-refractivity contribution in [2.75, 3.05) is 38.0 Å². The lowest BCUT2D eigenvalue weighted by Gasteiger charge is -2.13. The minimum absolute atomic E-state index is 0.252. The number of halogens is 1. The van der Waals surface area contributed by atoms with Crippen molar-refractivity contribution in [2.24, 2.45) is 0 Å². The maximum atomic E-state index is 12.6. The smallest absolute Gasteiger partial charge is 0.274 e. The van der Waals surface area contributed by atoms with Crippen LogP contribution in [-0.4, -0.2) is 43.2 Å². The largest absolute Gasteiger partial charge is 0.495 e. The molecule has 2 aromatic rings. The third-order valence-corrected chi connectivity index (χ3v) is 3.81. The lowest BCUT2D eigenvalue weighted by molar-refractivity contribution is 0.102. The van der Waals surface area contributed by atoms with Crippen LogP contribution in [0.25, 0.3) is 0 Å². The molecular weight excluding hydrogens is 344 g/mol. The molecule has 0 saturated heterocycles. The molecule has 7 nitrogen and oxygen atoms in total. The van der Waals surface area contributed by atoms with Crippen LogP contribution in [-0.2, 0) is 4.74 Å². The maximum Gasteiger partial charge on any atom is 0.274 e. The van der Waals surface area contributed by atoms with Gasteiger partial charge in [0.15, 0.2) is 0 Å². The van der Waals surface area contributed by atoms with Crippen LogP contribution in [0.15, 0.2) is 18.2 Å². The topological polar surface area (TPSA) is 85.4 Å². The molecule has 25 heavy (non-hydrogen) atoms. The molecule has 0 unspecified atom stereocenters. The molecule has 0 bridgehead atoms. The van der Waals surface area contributed by atoms with Crippen LogP contribution in [0.2, 0.25) is 5.02 Å². The van der Waals surface area contributed by atoms with Crippen molar-refractivity contribution in [2.45, 2.75) is 13.8 Å². The van der Waals surface area contributed by atoms with Gasteiger partial charge in [0.2, 0.25) is 5.95 Å². The van der Waals surface area contributed by atoms with E-state index in [9.17, 15) is 4.79 Å². The summed E-state index contributed by atoms with van der Waals surface area (Å²) < 4.78 is 10.2. The van der Waals surface area contributed by atoms with E-state index in [2.05, 4.69) is 20.6 Å². The first-order chi connectivity index (χ1) is 11.9.